The Labute approximate surface area is 192 Å². The second-order valence-electron chi connectivity index (χ2n) is 14.7. The van der Waals surface area contributed by atoms with Crippen molar-refractivity contribution in [1.29, 1.82) is 0 Å². The zero-order valence-corrected chi connectivity index (χ0v) is 21.9. The van der Waals surface area contributed by atoms with E-state index in [4.69, 9.17) is 0 Å². The van der Waals surface area contributed by atoms with Crippen LogP contribution in [0.3, 0.4) is 0 Å². The van der Waals surface area contributed by atoms with Gasteiger partial charge in [0.1, 0.15) is 0 Å². The highest BCUT2D eigenvalue weighted by molar-refractivity contribution is 5.33. The van der Waals surface area contributed by atoms with Crippen LogP contribution in [0.25, 0.3) is 0 Å². The van der Waals surface area contributed by atoms with E-state index >= 15 is 0 Å². The van der Waals surface area contributed by atoms with Gasteiger partial charge in [-0.2, -0.15) is 0 Å². The first-order valence-corrected chi connectivity index (χ1v) is 13.7. The topological polar surface area (TPSA) is 20.2 Å². The first kappa shape index (κ1) is 22.5. The van der Waals surface area contributed by atoms with Gasteiger partial charge in [-0.3, -0.25) is 0 Å². The lowest BCUT2D eigenvalue weighted by atomic mass is 9.35. The molecule has 0 unspecified atom stereocenters. The molecule has 5 aliphatic carbocycles. The summed E-state index contributed by atoms with van der Waals surface area (Å²) in [5.74, 6) is 4.02. The summed E-state index contributed by atoms with van der Waals surface area (Å²) in [6.07, 6.45) is 14.6. The van der Waals surface area contributed by atoms with E-state index in [1.165, 1.54) is 51.4 Å². The van der Waals surface area contributed by atoms with Crippen LogP contribution < -0.4 is 0 Å². The molecule has 31 heavy (non-hydrogen) atoms. The van der Waals surface area contributed by atoms with Gasteiger partial charge in [-0.1, -0.05) is 67.0 Å². The molecule has 0 aromatic heterocycles. The zero-order chi connectivity index (χ0) is 22.6. The van der Waals surface area contributed by atoms with Gasteiger partial charge in [0.2, 0.25) is 0 Å². The molecule has 4 fully saturated rings. The van der Waals surface area contributed by atoms with Crippen molar-refractivity contribution >= 4 is 0 Å². The molecule has 176 valence electrons. The normalized spacial score (nSPS) is 55.7. The average molecular weight is 427 g/mol. The van der Waals surface area contributed by atoms with Crippen molar-refractivity contribution in [2.24, 2.45) is 56.7 Å². The second kappa shape index (κ2) is 6.64. The summed E-state index contributed by atoms with van der Waals surface area (Å²) in [6.45, 7) is 20.4. The van der Waals surface area contributed by atoms with Gasteiger partial charge in [-0.05, 0) is 114 Å². The van der Waals surface area contributed by atoms with Crippen LogP contribution in [0.1, 0.15) is 113 Å². The van der Waals surface area contributed by atoms with Crippen molar-refractivity contribution in [1.82, 2.24) is 0 Å². The molecule has 4 saturated carbocycles. The third-order valence-electron chi connectivity index (χ3n) is 13.2. The Bertz CT molecular complexity index is 777. The fourth-order valence-electron chi connectivity index (χ4n) is 11.2. The van der Waals surface area contributed by atoms with E-state index in [0.29, 0.717) is 27.6 Å². The number of hydrogen-bond donors (Lipinski definition) is 1. The minimum atomic E-state index is -0.131. The lowest BCUT2D eigenvalue weighted by Gasteiger charge is -2.69. The Morgan fingerprint density at radius 1 is 0.806 bits per heavy atom. The Morgan fingerprint density at radius 3 is 2.16 bits per heavy atom. The molecule has 0 aromatic carbocycles. The molecule has 0 spiro atoms. The molecule has 1 heteroatoms. The van der Waals surface area contributed by atoms with E-state index in [-0.39, 0.29) is 11.5 Å². The molecular formula is C30H50O. The van der Waals surface area contributed by atoms with E-state index in [1.807, 2.05) is 5.57 Å². The molecule has 0 amide bonds. The summed E-state index contributed by atoms with van der Waals surface area (Å²) in [7, 11) is 0. The molecular weight excluding hydrogens is 376 g/mol. The molecule has 0 aromatic rings. The molecule has 1 N–H and O–H groups in total. The maximum Gasteiger partial charge on any atom is 0.0594 e. The minimum absolute atomic E-state index is 0.0432. The Hall–Kier alpha value is -0.300. The van der Waals surface area contributed by atoms with E-state index < -0.39 is 0 Å². The van der Waals surface area contributed by atoms with Crippen LogP contribution in [-0.4, -0.2) is 11.2 Å². The van der Waals surface area contributed by atoms with E-state index in [2.05, 4.69) is 61.5 Å². The Morgan fingerprint density at radius 2 is 1.48 bits per heavy atom. The largest absolute Gasteiger partial charge is 0.393 e. The maximum absolute atomic E-state index is 10.8. The van der Waals surface area contributed by atoms with E-state index in [0.717, 1.165) is 30.1 Å². The van der Waals surface area contributed by atoms with Gasteiger partial charge < -0.3 is 5.11 Å². The zero-order valence-electron chi connectivity index (χ0n) is 21.9. The van der Waals surface area contributed by atoms with Gasteiger partial charge in [0.15, 0.2) is 0 Å². The monoisotopic (exact) mass is 426 g/mol. The molecule has 5 rings (SSSR count). The van der Waals surface area contributed by atoms with Crippen LogP contribution in [-0.2, 0) is 0 Å². The highest BCUT2D eigenvalue weighted by atomic mass is 16.3. The second-order valence-corrected chi connectivity index (χ2v) is 14.7. The smallest absolute Gasteiger partial charge is 0.0594 e. The van der Waals surface area contributed by atoms with Crippen LogP contribution in [0.2, 0.25) is 0 Å². The third-order valence-corrected chi connectivity index (χ3v) is 13.2. The molecule has 9 atom stereocenters. The van der Waals surface area contributed by atoms with Gasteiger partial charge >= 0.3 is 0 Å². The lowest BCUT2D eigenvalue weighted by Crippen LogP contribution is -2.62. The number of rotatable bonds is 1. The molecule has 0 radical (unpaired) electrons. The van der Waals surface area contributed by atoms with Crippen molar-refractivity contribution in [3.63, 3.8) is 0 Å². The molecule has 0 saturated heterocycles. The van der Waals surface area contributed by atoms with Crippen molar-refractivity contribution in [2.45, 2.75) is 119 Å². The van der Waals surface area contributed by atoms with Crippen molar-refractivity contribution in [3.05, 3.63) is 11.6 Å². The first-order valence-electron chi connectivity index (χ1n) is 13.7. The Balaban J connectivity index is 1.55. The van der Waals surface area contributed by atoms with Crippen molar-refractivity contribution in [2.75, 3.05) is 0 Å². The molecule has 0 bridgehead atoms. The number of aliphatic hydroxyl groups is 1. The maximum atomic E-state index is 10.8. The summed E-state index contributed by atoms with van der Waals surface area (Å²) < 4.78 is 0. The fourth-order valence-corrected chi connectivity index (χ4v) is 11.2. The molecule has 5 aliphatic rings. The quantitative estimate of drug-likeness (QED) is 0.421. The summed E-state index contributed by atoms with van der Waals surface area (Å²) in [5.41, 5.74) is 3.61. The van der Waals surface area contributed by atoms with Crippen LogP contribution >= 0.6 is 0 Å². The summed E-state index contributed by atoms with van der Waals surface area (Å²) in [6, 6.07) is 0. The first-order chi connectivity index (χ1) is 14.3. The van der Waals surface area contributed by atoms with Gasteiger partial charge in [-0.15, -0.1) is 0 Å². The Kier molecular flexibility index (Phi) is 4.82. The predicted molar refractivity (Wildman–Crippen MR) is 131 cm³/mol. The van der Waals surface area contributed by atoms with Crippen molar-refractivity contribution in [3.8, 4) is 0 Å². The number of hydrogen-bond acceptors (Lipinski definition) is 1. The van der Waals surface area contributed by atoms with Gasteiger partial charge in [0.25, 0.3) is 0 Å². The summed E-state index contributed by atoms with van der Waals surface area (Å²) in [5, 5.41) is 10.8. The SMILES string of the molecule is CC(C)[C@H]1CC[C@@H]2[C@]1(C)CC[C@]1(C)[C@H]3CC[C@H]4C(C)(C)[C@H](O)CC[C@]4(C)C3=CC[C@@]21C. The molecule has 0 aliphatic heterocycles. The van der Waals surface area contributed by atoms with Crippen LogP contribution in [0.15, 0.2) is 11.6 Å². The van der Waals surface area contributed by atoms with Crippen molar-refractivity contribution < 1.29 is 5.11 Å². The van der Waals surface area contributed by atoms with Gasteiger partial charge in [0, 0.05) is 0 Å². The van der Waals surface area contributed by atoms with Gasteiger partial charge in [-0.25, -0.2) is 0 Å². The standard InChI is InChI=1S/C30H50O/c1-19(2)20-9-12-24-28(20,6)17-18-29(7)22-10-11-23-26(3,4)25(31)14-15-27(23,5)21(22)13-16-30(24,29)8/h13,19-20,22-25,31H,9-12,14-18H2,1-8H3/t20-,22+,23+,24-,25-,27-,28-,29-,30+/m1/s1. The minimum Gasteiger partial charge on any atom is -0.393 e. The average Bonchev–Trinajstić information content (AvgIpc) is 3.05. The summed E-state index contributed by atoms with van der Waals surface area (Å²) in [4.78, 5) is 0. The number of fused-ring (bicyclic) bond motifs is 7. The highest BCUT2D eigenvalue weighted by Gasteiger charge is 2.68. The third kappa shape index (κ3) is 2.60. The molecule has 0 heterocycles. The molecule has 1 nitrogen and oxygen atoms in total. The lowest BCUT2D eigenvalue weighted by molar-refractivity contribution is -0.165. The van der Waals surface area contributed by atoms with Crippen LogP contribution in [0.4, 0.5) is 0 Å². The van der Waals surface area contributed by atoms with Crippen LogP contribution in [0, 0.1) is 56.7 Å². The van der Waals surface area contributed by atoms with E-state index in [9.17, 15) is 5.11 Å². The fraction of sp³-hybridized carbons (Fsp3) is 0.933. The van der Waals surface area contributed by atoms with Gasteiger partial charge in [0.05, 0.1) is 6.10 Å². The number of allylic oxidation sites excluding steroid dienone is 2. The van der Waals surface area contributed by atoms with E-state index in [1.54, 1.807) is 0 Å². The van der Waals surface area contributed by atoms with Crippen LogP contribution in [0.5, 0.6) is 0 Å². The summed E-state index contributed by atoms with van der Waals surface area (Å²) >= 11 is 0. The highest BCUT2D eigenvalue weighted by Crippen LogP contribution is 2.76. The number of aliphatic hydroxyl groups excluding tert-OH is 1. The predicted octanol–water partition coefficient (Wildman–Crippen LogP) is 8.02.